The molecule has 1 N–H and O–H groups in total. The Hall–Kier alpha value is -0.0400. The lowest BCUT2D eigenvalue weighted by Crippen LogP contribution is -2.61. The molecule has 0 heterocycles. The molecule has 0 spiro atoms. The third kappa shape index (κ3) is 2.16. The maximum absolute atomic E-state index is 3.78. The molecule has 3 unspecified atom stereocenters. The predicted molar refractivity (Wildman–Crippen MR) is 84.6 cm³/mol. The molecule has 4 bridgehead atoms. The van der Waals surface area contributed by atoms with E-state index < -0.39 is 0 Å². The molecule has 5 fully saturated rings. The van der Waals surface area contributed by atoms with E-state index in [9.17, 15) is 0 Å². The summed E-state index contributed by atoms with van der Waals surface area (Å²) in [6.07, 6.45) is 15.1. The molecule has 0 amide bonds. The fraction of sp³-hybridized carbons (Fsp3) is 1.00. The zero-order valence-electron chi connectivity index (χ0n) is 13.8. The summed E-state index contributed by atoms with van der Waals surface area (Å²) in [5.74, 6) is 2.13. The maximum atomic E-state index is 3.78. The van der Waals surface area contributed by atoms with Gasteiger partial charge in [0.2, 0.25) is 0 Å². The van der Waals surface area contributed by atoms with Crippen molar-refractivity contribution in [2.45, 2.75) is 84.1 Å². The molecule has 0 aromatic carbocycles. The van der Waals surface area contributed by atoms with Gasteiger partial charge in [-0.15, -0.1) is 0 Å². The first kappa shape index (κ1) is 13.6. The molecule has 0 radical (unpaired) electrons. The van der Waals surface area contributed by atoms with Crippen LogP contribution in [0.25, 0.3) is 0 Å². The second kappa shape index (κ2) is 4.24. The second-order valence-corrected chi connectivity index (χ2v) is 9.85. The quantitative estimate of drug-likeness (QED) is 0.762. The first-order valence-corrected chi connectivity index (χ1v) is 9.12. The van der Waals surface area contributed by atoms with Crippen LogP contribution >= 0.6 is 0 Å². The van der Waals surface area contributed by atoms with Gasteiger partial charge in [0.1, 0.15) is 0 Å². The standard InChI is InChI=1S/C19H33N/c1-17-8-15-9-18(2,11-17)13-19(10-15,12-17)16(20-3)7-6-14-4-5-14/h14-16,20H,4-13H2,1-3H3. The summed E-state index contributed by atoms with van der Waals surface area (Å²) in [5, 5.41) is 3.78. The summed E-state index contributed by atoms with van der Waals surface area (Å²) in [6.45, 7) is 5.22. The van der Waals surface area contributed by atoms with Crippen LogP contribution in [0.2, 0.25) is 0 Å². The number of hydrogen-bond donors (Lipinski definition) is 1. The Kier molecular flexibility index (Phi) is 2.89. The summed E-state index contributed by atoms with van der Waals surface area (Å²) in [5.41, 5.74) is 1.98. The van der Waals surface area contributed by atoms with Crippen LogP contribution in [-0.2, 0) is 0 Å². The maximum Gasteiger partial charge on any atom is 0.0121 e. The first-order valence-electron chi connectivity index (χ1n) is 9.12. The number of rotatable bonds is 5. The summed E-state index contributed by atoms with van der Waals surface area (Å²) in [6, 6.07) is 0.796. The smallest absolute Gasteiger partial charge is 0.0121 e. The van der Waals surface area contributed by atoms with Crippen molar-refractivity contribution in [2.24, 2.45) is 28.1 Å². The van der Waals surface area contributed by atoms with Crippen molar-refractivity contribution >= 4 is 0 Å². The van der Waals surface area contributed by atoms with Crippen LogP contribution < -0.4 is 5.32 Å². The molecule has 0 saturated heterocycles. The lowest BCUT2D eigenvalue weighted by atomic mass is 9.39. The highest BCUT2D eigenvalue weighted by Crippen LogP contribution is 2.70. The Bertz CT molecular complexity index is 379. The average molecular weight is 275 g/mol. The van der Waals surface area contributed by atoms with Gasteiger partial charge in [-0.2, -0.15) is 0 Å². The molecule has 1 heteroatoms. The normalized spacial score (nSPS) is 51.5. The molecule has 5 aliphatic carbocycles. The molecule has 0 aromatic rings. The van der Waals surface area contributed by atoms with Crippen LogP contribution in [0.3, 0.4) is 0 Å². The summed E-state index contributed by atoms with van der Waals surface area (Å²) in [7, 11) is 2.24. The number of hydrogen-bond acceptors (Lipinski definition) is 1. The van der Waals surface area contributed by atoms with Crippen LogP contribution in [0, 0.1) is 28.1 Å². The van der Waals surface area contributed by atoms with Crippen molar-refractivity contribution in [3.05, 3.63) is 0 Å². The van der Waals surface area contributed by atoms with Gasteiger partial charge in [0, 0.05) is 6.04 Å². The lowest BCUT2D eigenvalue weighted by Gasteiger charge is -2.67. The van der Waals surface area contributed by atoms with Crippen LogP contribution in [0.5, 0.6) is 0 Å². The van der Waals surface area contributed by atoms with Gasteiger partial charge < -0.3 is 5.32 Å². The highest BCUT2D eigenvalue weighted by molar-refractivity contribution is 5.13. The fourth-order valence-corrected chi connectivity index (χ4v) is 7.49. The third-order valence-electron chi connectivity index (χ3n) is 7.32. The highest BCUT2D eigenvalue weighted by Gasteiger charge is 2.61. The van der Waals surface area contributed by atoms with E-state index in [1.54, 1.807) is 0 Å². The molecule has 0 aromatic heterocycles. The summed E-state index contributed by atoms with van der Waals surface area (Å²) < 4.78 is 0. The minimum atomic E-state index is 0.645. The molecule has 20 heavy (non-hydrogen) atoms. The van der Waals surface area contributed by atoms with E-state index in [0.29, 0.717) is 16.2 Å². The Balaban J connectivity index is 1.58. The Morgan fingerprint density at radius 3 is 2.15 bits per heavy atom. The zero-order chi connectivity index (χ0) is 14.0. The van der Waals surface area contributed by atoms with E-state index in [1.807, 2.05) is 0 Å². The topological polar surface area (TPSA) is 12.0 Å². The number of nitrogens with one attached hydrogen (secondary N) is 1. The fourth-order valence-electron chi connectivity index (χ4n) is 7.49. The van der Waals surface area contributed by atoms with Crippen molar-refractivity contribution < 1.29 is 0 Å². The molecular weight excluding hydrogens is 242 g/mol. The van der Waals surface area contributed by atoms with Crippen LogP contribution in [0.1, 0.15) is 78.1 Å². The first-order chi connectivity index (χ1) is 9.44. The summed E-state index contributed by atoms with van der Waals surface area (Å²) >= 11 is 0. The van der Waals surface area contributed by atoms with Crippen LogP contribution in [0.4, 0.5) is 0 Å². The minimum absolute atomic E-state index is 0.645. The van der Waals surface area contributed by atoms with Gasteiger partial charge in [-0.25, -0.2) is 0 Å². The second-order valence-electron chi connectivity index (χ2n) is 9.85. The Labute approximate surface area is 125 Å². The Morgan fingerprint density at radius 2 is 1.65 bits per heavy atom. The van der Waals surface area contributed by atoms with Gasteiger partial charge in [-0.3, -0.25) is 0 Å². The van der Waals surface area contributed by atoms with Crippen molar-refractivity contribution in [3.63, 3.8) is 0 Å². The van der Waals surface area contributed by atoms with Crippen LogP contribution in [0.15, 0.2) is 0 Å². The molecule has 3 atom stereocenters. The third-order valence-corrected chi connectivity index (χ3v) is 7.32. The average Bonchev–Trinajstić information content (AvgIpc) is 3.08. The van der Waals surface area contributed by atoms with Crippen molar-refractivity contribution in [2.75, 3.05) is 7.05 Å². The lowest BCUT2D eigenvalue weighted by molar-refractivity contribution is -0.158. The monoisotopic (exact) mass is 275 g/mol. The van der Waals surface area contributed by atoms with E-state index in [-0.39, 0.29) is 0 Å². The van der Waals surface area contributed by atoms with E-state index in [4.69, 9.17) is 0 Å². The molecular formula is C19H33N. The van der Waals surface area contributed by atoms with E-state index >= 15 is 0 Å². The SMILES string of the molecule is CNC(CCC1CC1)C12CC3CC(C)(CC(C)(C3)C1)C2. The zero-order valence-corrected chi connectivity index (χ0v) is 13.8. The summed E-state index contributed by atoms with van der Waals surface area (Å²) in [4.78, 5) is 0. The minimum Gasteiger partial charge on any atom is -0.316 e. The largest absolute Gasteiger partial charge is 0.316 e. The molecule has 114 valence electrons. The van der Waals surface area contributed by atoms with Crippen LogP contribution in [-0.4, -0.2) is 13.1 Å². The van der Waals surface area contributed by atoms with Crippen molar-refractivity contribution in [1.82, 2.24) is 5.32 Å². The van der Waals surface area contributed by atoms with Gasteiger partial charge in [0.05, 0.1) is 0 Å². The molecule has 5 saturated carbocycles. The van der Waals surface area contributed by atoms with Gasteiger partial charge in [-0.05, 0) is 86.5 Å². The van der Waals surface area contributed by atoms with Gasteiger partial charge >= 0.3 is 0 Å². The van der Waals surface area contributed by atoms with E-state index in [0.717, 1.165) is 17.9 Å². The highest BCUT2D eigenvalue weighted by atomic mass is 14.9. The predicted octanol–water partition coefficient (Wildman–Crippen LogP) is 4.76. The van der Waals surface area contributed by atoms with E-state index in [2.05, 4.69) is 26.2 Å². The van der Waals surface area contributed by atoms with Crippen molar-refractivity contribution in [3.8, 4) is 0 Å². The van der Waals surface area contributed by atoms with E-state index in [1.165, 1.54) is 64.2 Å². The van der Waals surface area contributed by atoms with Gasteiger partial charge in [0.15, 0.2) is 0 Å². The van der Waals surface area contributed by atoms with Gasteiger partial charge in [0.25, 0.3) is 0 Å². The molecule has 0 aliphatic heterocycles. The molecule has 5 rings (SSSR count). The van der Waals surface area contributed by atoms with Crippen molar-refractivity contribution in [1.29, 1.82) is 0 Å². The molecule has 5 aliphatic rings. The van der Waals surface area contributed by atoms with Gasteiger partial charge in [-0.1, -0.05) is 26.7 Å². The Morgan fingerprint density at radius 1 is 1.00 bits per heavy atom. The molecule has 1 nitrogen and oxygen atoms in total.